The van der Waals surface area contributed by atoms with Crippen molar-refractivity contribution in [3.05, 3.63) is 60.7 Å². The first-order valence-corrected chi connectivity index (χ1v) is 9.70. The Morgan fingerprint density at radius 2 is 1.82 bits per heavy atom. The summed E-state index contributed by atoms with van der Waals surface area (Å²) in [6.45, 7) is 4.59. The summed E-state index contributed by atoms with van der Waals surface area (Å²) in [5.41, 5.74) is 2.69. The molecule has 28 heavy (non-hydrogen) atoms. The van der Waals surface area contributed by atoms with E-state index in [-0.39, 0.29) is 5.91 Å². The first-order valence-electron chi connectivity index (χ1n) is 9.70. The number of likely N-dealkylation sites (tertiary alicyclic amines) is 1. The van der Waals surface area contributed by atoms with Crippen LogP contribution in [0.3, 0.4) is 0 Å². The Kier molecular flexibility index (Phi) is 5.41. The summed E-state index contributed by atoms with van der Waals surface area (Å²) in [6.07, 6.45) is 13.3. The van der Waals surface area contributed by atoms with Gasteiger partial charge in [0.05, 0.1) is 6.20 Å². The maximum atomic E-state index is 12.5. The average Bonchev–Trinajstić information content (AvgIpc) is 3.13. The van der Waals surface area contributed by atoms with Crippen molar-refractivity contribution in [3.63, 3.8) is 0 Å². The molecule has 0 unspecified atom stereocenters. The maximum Gasteiger partial charge on any atom is 0.274 e. The first-order chi connectivity index (χ1) is 13.7. The highest BCUT2D eigenvalue weighted by molar-refractivity contribution is 5.92. The molecule has 7 nitrogen and oxygen atoms in total. The molecule has 4 rings (SSSR count). The number of imidazole rings is 1. The van der Waals surface area contributed by atoms with Crippen molar-refractivity contribution in [2.24, 2.45) is 5.92 Å². The van der Waals surface area contributed by atoms with Gasteiger partial charge < -0.3 is 9.47 Å². The normalized spacial score (nSPS) is 15.0. The highest BCUT2D eigenvalue weighted by Crippen LogP contribution is 2.25. The zero-order valence-corrected chi connectivity index (χ0v) is 16.0. The third-order valence-electron chi connectivity index (χ3n) is 5.44. The molecule has 0 atom stereocenters. The van der Waals surface area contributed by atoms with Crippen LogP contribution in [0.1, 0.15) is 35.4 Å². The van der Waals surface area contributed by atoms with Crippen LogP contribution in [0.4, 0.5) is 0 Å². The predicted molar refractivity (Wildman–Crippen MR) is 105 cm³/mol. The molecular weight excluding hydrogens is 352 g/mol. The number of pyridine rings is 1. The van der Waals surface area contributed by atoms with Crippen molar-refractivity contribution >= 4 is 5.91 Å². The summed E-state index contributed by atoms with van der Waals surface area (Å²) in [5.74, 6) is 1.59. The van der Waals surface area contributed by atoms with E-state index in [1.165, 1.54) is 11.9 Å². The van der Waals surface area contributed by atoms with Crippen LogP contribution in [0, 0.1) is 12.8 Å². The lowest BCUT2D eigenvalue weighted by Crippen LogP contribution is -2.39. The van der Waals surface area contributed by atoms with Gasteiger partial charge >= 0.3 is 0 Å². The Labute approximate surface area is 164 Å². The van der Waals surface area contributed by atoms with E-state index in [0.29, 0.717) is 11.6 Å². The second kappa shape index (κ2) is 8.29. The molecule has 3 aromatic rings. The standard InChI is InChI=1S/C21H24N6O/c1-16-14-25-20(18-2-7-22-8-3-18)27(16)13-6-17-4-11-26(12-5-17)21(28)19-15-23-9-10-24-19/h2-3,7-10,14-15,17H,4-6,11-13H2,1H3. The first kappa shape index (κ1) is 18.3. The van der Waals surface area contributed by atoms with Crippen molar-refractivity contribution in [2.75, 3.05) is 13.1 Å². The molecule has 3 aromatic heterocycles. The fraction of sp³-hybridized carbons (Fsp3) is 0.381. The van der Waals surface area contributed by atoms with Gasteiger partial charge in [0.2, 0.25) is 0 Å². The van der Waals surface area contributed by atoms with Crippen LogP contribution < -0.4 is 0 Å². The van der Waals surface area contributed by atoms with E-state index in [9.17, 15) is 4.79 Å². The quantitative estimate of drug-likeness (QED) is 0.684. The Morgan fingerprint density at radius 1 is 1.04 bits per heavy atom. The van der Waals surface area contributed by atoms with Crippen LogP contribution in [0.15, 0.2) is 49.3 Å². The predicted octanol–water partition coefficient (Wildman–Crippen LogP) is 2.99. The minimum Gasteiger partial charge on any atom is -0.337 e. The van der Waals surface area contributed by atoms with Gasteiger partial charge in [-0.1, -0.05) is 0 Å². The lowest BCUT2D eigenvalue weighted by Gasteiger charge is -2.32. The second-order valence-corrected chi connectivity index (χ2v) is 7.23. The van der Waals surface area contributed by atoms with Crippen molar-refractivity contribution < 1.29 is 4.79 Å². The van der Waals surface area contributed by atoms with Crippen molar-refractivity contribution in [1.82, 2.24) is 29.4 Å². The molecule has 0 spiro atoms. The van der Waals surface area contributed by atoms with E-state index >= 15 is 0 Å². The van der Waals surface area contributed by atoms with E-state index < -0.39 is 0 Å². The fourth-order valence-corrected chi connectivity index (χ4v) is 3.78. The van der Waals surface area contributed by atoms with E-state index in [1.54, 1.807) is 24.8 Å². The fourth-order valence-electron chi connectivity index (χ4n) is 3.78. The van der Waals surface area contributed by atoms with Gasteiger partial charge in [0, 0.05) is 61.9 Å². The van der Waals surface area contributed by atoms with Gasteiger partial charge in [-0.3, -0.25) is 14.8 Å². The molecule has 0 aromatic carbocycles. The molecule has 1 saturated heterocycles. The molecule has 0 N–H and O–H groups in total. The summed E-state index contributed by atoms with van der Waals surface area (Å²) in [6, 6.07) is 3.99. The topological polar surface area (TPSA) is 76.8 Å². The van der Waals surface area contributed by atoms with Crippen LogP contribution in [0.2, 0.25) is 0 Å². The molecule has 1 aliphatic rings. The zero-order valence-electron chi connectivity index (χ0n) is 16.0. The molecule has 1 fully saturated rings. The second-order valence-electron chi connectivity index (χ2n) is 7.23. The van der Waals surface area contributed by atoms with E-state index in [2.05, 4.69) is 31.4 Å². The van der Waals surface area contributed by atoms with Gasteiger partial charge in [-0.25, -0.2) is 9.97 Å². The number of nitrogens with zero attached hydrogens (tertiary/aromatic N) is 6. The minimum atomic E-state index is -0.0167. The number of aromatic nitrogens is 5. The number of hydrogen-bond acceptors (Lipinski definition) is 5. The van der Waals surface area contributed by atoms with Gasteiger partial charge in [0.1, 0.15) is 11.5 Å². The highest BCUT2D eigenvalue weighted by Gasteiger charge is 2.24. The SMILES string of the molecule is Cc1cnc(-c2ccncc2)n1CCC1CCN(C(=O)c2cnccn2)CC1. The van der Waals surface area contributed by atoms with Crippen LogP contribution in [0.25, 0.3) is 11.4 Å². The lowest BCUT2D eigenvalue weighted by atomic mass is 9.93. The Morgan fingerprint density at radius 3 is 2.54 bits per heavy atom. The Balaban J connectivity index is 1.34. The minimum absolute atomic E-state index is 0.0167. The monoisotopic (exact) mass is 376 g/mol. The van der Waals surface area contributed by atoms with Gasteiger partial charge in [-0.2, -0.15) is 0 Å². The van der Waals surface area contributed by atoms with Crippen molar-refractivity contribution in [2.45, 2.75) is 32.7 Å². The van der Waals surface area contributed by atoms with Gasteiger partial charge in [0.25, 0.3) is 5.91 Å². The molecule has 0 aliphatic carbocycles. The van der Waals surface area contributed by atoms with Gasteiger partial charge in [0.15, 0.2) is 0 Å². The van der Waals surface area contributed by atoms with Crippen LogP contribution in [-0.2, 0) is 6.54 Å². The number of aryl methyl sites for hydroxylation is 1. The number of piperidine rings is 1. The summed E-state index contributed by atoms with van der Waals surface area (Å²) in [5, 5.41) is 0. The lowest BCUT2D eigenvalue weighted by molar-refractivity contribution is 0.0678. The van der Waals surface area contributed by atoms with Crippen molar-refractivity contribution in [3.8, 4) is 11.4 Å². The van der Waals surface area contributed by atoms with Gasteiger partial charge in [-0.05, 0) is 44.2 Å². The summed E-state index contributed by atoms with van der Waals surface area (Å²) < 4.78 is 2.28. The number of carbonyl (C=O) groups excluding carboxylic acids is 1. The molecule has 1 aliphatic heterocycles. The molecule has 0 saturated carbocycles. The average molecular weight is 376 g/mol. The highest BCUT2D eigenvalue weighted by atomic mass is 16.2. The van der Waals surface area contributed by atoms with E-state index in [1.807, 2.05) is 23.2 Å². The van der Waals surface area contributed by atoms with Crippen LogP contribution >= 0.6 is 0 Å². The maximum absolute atomic E-state index is 12.5. The van der Waals surface area contributed by atoms with Crippen molar-refractivity contribution in [1.29, 1.82) is 0 Å². The molecule has 0 radical (unpaired) electrons. The summed E-state index contributed by atoms with van der Waals surface area (Å²) in [4.78, 5) is 31.2. The summed E-state index contributed by atoms with van der Waals surface area (Å²) >= 11 is 0. The Hall–Kier alpha value is -3.09. The summed E-state index contributed by atoms with van der Waals surface area (Å²) in [7, 11) is 0. The largest absolute Gasteiger partial charge is 0.337 e. The number of hydrogen-bond donors (Lipinski definition) is 0. The number of carbonyl (C=O) groups is 1. The third-order valence-corrected chi connectivity index (χ3v) is 5.44. The Bertz CT molecular complexity index is 917. The molecule has 144 valence electrons. The third kappa shape index (κ3) is 3.93. The number of rotatable bonds is 5. The molecular formula is C21H24N6O. The van der Waals surface area contributed by atoms with Crippen LogP contribution in [0.5, 0.6) is 0 Å². The van der Waals surface area contributed by atoms with Gasteiger partial charge in [-0.15, -0.1) is 0 Å². The molecule has 1 amide bonds. The molecule has 4 heterocycles. The van der Waals surface area contributed by atoms with E-state index in [4.69, 9.17) is 0 Å². The molecule has 0 bridgehead atoms. The smallest absolute Gasteiger partial charge is 0.274 e. The van der Waals surface area contributed by atoms with Crippen LogP contribution in [-0.4, -0.2) is 48.4 Å². The number of amides is 1. The van der Waals surface area contributed by atoms with E-state index in [0.717, 1.165) is 50.3 Å². The zero-order chi connectivity index (χ0) is 19.3. The molecule has 7 heteroatoms.